The van der Waals surface area contributed by atoms with Crippen molar-refractivity contribution in [3.8, 4) is 0 Å². The Morgan fingerprint density at radius 3 is 3.10 bits per heavy atom. The monoisotopic (exact) mass is 274 g/mol. The summed E-state index contributed by atoms with van der Waals surface area (Å²) in [5, 5.41) is 8.85. The summed E-state index contributed by atoms with van der Waals surface area (Å²) < 4.78 is 7.26. The van der Waals surface area contributed by atoms with Crippen LogP contribution in [-0.4, -0.2) is 34.5 Å². The molecule has 2 heterocycles. The average Bonchev–Trinajstić information content (AvgIpc) is 2.73. The molecule has 2 aromatic rings. The molecule has 0 spiro atoms. The minimum absolute atomic E-state index is 0.718. The first-order valence-corrected chi connectivity index (χ1v) is 6.90. The van der Waals surface area contributed by atoms with Crippen molar-refractivity contribution in [1.29, 1.82) is 0 Å². The van der Waals surface area contributed by atoms with Crippen LogP contribution < -0.4 is 5.32 Å². The largest absolute Gasteiger partial charge is 0.380 e. The van der Waals surface area contributed by atoms with Crippen molar-refractivity contribution in [1.82, 2.24) is 20.1 Å². The molecule has 0 aliphatic carbocycles. The summed E-state index contributed by atoms with van der Waals surface area (Å²) in [5.41, 5.74) is 3.11. The Balaban J connectivity index is 1.81. The lowest BCUT2D eigenvalue weighted by Gasteiger charge is -2.05. The van der Waals surface area contributed by atoms with Gasteiger partial charge in [-0.15, -0.1) is 6.58 Å². The first-order chi connectivity index (χ1) is 9.72. The van der Waals surface area contributed by atoms with E-state index in [2.05, 4.69) is 28.0 Å². The van der Waals surface area contributed by atoms with Crippen molar-refractivity contribution >= 4 is 11.0 Å². The second kappa shape index (κ2) is 7.17. The van der Waals surface area contributed by atoms with Crippen molar-refractivity contribution < 1.29 is 4.74 Å². The summed E-state index contributed by atoms with van der Waals surface area (Å²) in [5.74, 6) is 0. The van der Waals surface area contributed by atoms with E-state index in [1.165, 1.54) is 5.56 Å². The van der Waals surface area contributed by atoms with Crippen molar-refractivity contribution in [2.75, 3.05) is 19.8 Å². The number of pyridine rings is 1. The van der Waals surface area contributed by atoms with Crippen LogP contribution in [0.15, 0.2) is 24.9 Å². The molecule has 0 aromatic carbocycles. The standard InChI is InChI=1S/C15H22N4O/c1-4-5-7-20-8-6-16-10-13-9-14-12(2)18-19(3)15(14)17-11-13/h4,9,11,16H,1,5-8,10H2,2-3H3. The van der Waals surface area contributed by atoms with E-state index in [-0.39, 0.29) is 0 Å². The maximum Gasteiger partial charge on any atom is 0.157 e. The molecular weight excluding hydrogens is 252 g/mol. The van der Waals surface area contributed by atoms with Crippen LogP contribution in [0, 0.1) is 6.92 Å². The molecule has 5 heteroatoms. The van der Waals surface area contributed by atoms with Gasteiger partial charge >= 0.3 is 0 Å². The molecule has 5 nitrogen and oxygen atoms in total. The number of hydrogen-bond acceptors (Lipinski definition) is 4. The number of aromatic nitrogens is 3. The molecule has 0 radical (unpaired) electrons. The summed E-state index contributed by atoms with van der Waals surface area (Å²) in [4.78, 5) is 4.46. The second-order valence-electron chi connectivity index (χ2n) is 4.79. The quantitative estimate of drug-likeness (QED) is 0.590. The number of aryl methyl sites for hydroxylation is 2. The zero-order valence-corrected chi connectivity index (χ0v) is 12.2. The van der Waals surface area contributed by atoms with Crippen LogP contribution in [0.5, 0.6) is 0 Å². The van der Waals surface area contributed by atoms with Gasteiger partial charge in [-0.05, 0) is 25.0 Å². The van der Waals surface area contributed by atoms with Gasteiger partial charge in [0.2, 0.25) is 0 Å². The number of nitrogens with one attached hydrogen (secondary N) is 1. The van der Waals surface area contributed by atoms with E-state index in [1.54, 1.807) is 0 Å². The number of rotatable bonds is 8. The Bertz CT molecular complexity index is 577. The topological polar surface area (TPSA) is 52.0 Å². The third kappa shape index (κ3) is 3.65. The van der Waals surface area contributed by atoms with Gasteiger partial charge in [0.15, 0.2) is 5.65 Å². The van der Waals surface area contributed by atoms with E-state index < -0.39 is 0 Å². The Morgan fingerprint density at radius 1 is 1.45 bits per heavy atom. The van der Waals surface area contributed by atoms with Gasteiger partial charge in [0.05, 0.1) is 18.9 Å². The lowest BCUT2D eigenvalue weighted by atomic mass is 10.2. The van der Waals surface area contributed by atoms with Crippen LogP contribution in [0.25, 0.3) is 11.0 Å². The van der Waals surface area contributed by atoms with Gasteiger partial charge in [-0.1, -0.05) is 6.08 Å². The fraction of sp³-hybridized carbons (Fsp3) is 0.467. The Labute approximate surface area is 119 Å². The highest BCUT2D eigenvalue weighted by Crippen LogP contribution is 2.16. The Kier molecular flexibility index (Phi) is 5.26. The molecule has 0 atom stereocenters. The van der Waals surface area contributed by atoms with Gasteiger partial charge < -0.3 is 10.1 Å². The van der Waals surface area contributed by atoms with Gasteiger partial charge in [0, 0.05) is 31.7 Å². The molecule has 0 aliphatic heterocycles. The smallest absolute Gasteiger partial charge is 0.157 e. The molecular formula is C15H22N4O. The highest BCUT2D eigenvalue weighted by molar-refractivity contribution is 5.78. The number of fused-ring (bicyclic) bond motifs is 1. The van der Waals surface area contributed by atoms with Crippen LogP contribution in [0.4, 0.5) is 0 Å². The predicted octanol–water partition coefficient (Wildman–Crippen LogP) is 1.96. The summed E-state index contributed by atoms with van der Waals surface area (Å²) in [6.07, 6.45) is 4.67. The van der Waals surface area contributed by atoms with E-state index in [1.807, 2.05) is 30.9 Å². The Morgan fingerprint density at radius 2 is 2.30 bits per heavy atom. The van der Waals surface area contributed by atoms with Crippen molar-refractivity contribution in [3.63, 3.8) is 0 Å². The van der Waals surface area contributed by atoms with E-state index >= 15 is 0 Å². The van der Waals surface area contributed by atoms with E-state index in [4.69, 9.17) is 4.74 Å². The number of hydrogen-bond donors (Lipinski definition) is 1. The van der Waals surface area contributed by atoms with Gasteiger partial charge in [-0.3, -0.25) is 4.68 Å². The lowest BCUT2D eigenvalue weighted by molar-refractivity contribution is 0.140. The molecule has 0 unspecified atom stereocenters. The molecule has 0 bridgehead atoms. The Hall–Kier alpha value is -1.72. The number of ether oxygens (including phenoxy) is 1. The zero-order valence-electron chi connectivity index (χ0n) is 12.2. The third-order valence-electron chi connectivity index (χ3n) is 3.14. The van der Waals surface area contributed by atoms with Crippen LogP contribution in [0.3, 0.4) is 0 Å². The molecule has 0 aliphatic rings. The molecule has 2 rings (SSSR count). The molecule has 1 N–H and O–H groups in total. The summed E-state index contributed by atoms with van der Waals surface area (Å²) in [6, 6.07) is 2.15. The van der Waals surface area contributed by atoms with Gasteiger partial charge in [0.1, 0.15) is 0 Å². The van der Waals surface area contributed by atoms with E-state index in [0.29, 0.717) is 0 Å². The fourth-order valence-corrected chi connectivity index (χ4v) is 2.09. The van der Waals surface area contributed by atoms with Gasteiger partial charge in [0.25, 0.3) is 0 Å². The highest BCUT2D eigenvalue weighted by Gasteiger charge is 2.06. The first-order valence-electron chi connectivity index (χ1n) is 6.90. The minimum Gasteiger partial charge on any atom is -0.380 e. The van der Waals surface area contributed by atoms with Crippen LogP contribution >= 0.6 is 0 Å². The molecule has 0 amide bonds. The van der Waals surface area contributed by atoms with Gasteiger partial charge in [-0.2, -0.15) is 5.10 Å². The maximum atomic E-state index is 5.44. The number of nitrogens with zero attached hydrogens (tertiary/aromatic N) is 3. The summed E-state index contributed by atoms with van der Waals surface area (Å²) in [7, 11) is 1.92. The van der Waals surface area contributed by atoms with Crippen LogP contribution in [-0.2, 0) is 18.3 Å². The zero-order chi connectivity index (χ0) is 14.4. The fourth-order valence-electron chi connectivity index (χ4n) is 2.09. The maximum absolute atomic E-state index is 5.44. The van der Waals surface area contributed by atoms with Crippen molar-refractivity contribution in [2.45, 2.75) is 19.9 Å². The average molecular weight is 274 g/mol. The lowest BCUT2D eigenvalue weighted by Crippen LogP contribution is -2.19. The van der Waals surface area contributed by atoms with Crippen LogP contribution in [0.2, 0.25) is 0 Å². The molecule has 20 heavy (non-hydrogen) atoms. The molecule has 108 valence electrons. The molecule has 2 aromatic heterocycles. The molecule has 0 fully saturated rings. The molecule has 0 saturated carbocycles. The SMILES string of the molecule is C=CCCOCCNCc1cnc2c(c1)c(C)nn2C. The second-order valence-corrected chi connectivity index (χ2v) is 4.79. The van der Waals surface area contributed by atoms with Crippen molar-refractivity contribution in [2.24, 2.45) is 7.05 Å². The normalized spacial score (nSPS) is 11.1. The van der Waals surface area contributed by atoms with Gasteiger partial charge in [-0.25, -0.2) is 4.98 Å². The predicted molar refractivity (Wildman–Crippen MR) is 80.6 cm³/mol. The van der Waals surface area contributed by atoms with E-state index in [0.717, 1.165) is 49.5 Å². The first kappa shape index (κ1) is 14.7. The van der Waals surface area contributed by atoms with Crippen molar-refractivity contribution in [3.05, 3.63) is 36.2 Å². The minimum atomic E-state index is 0.718. The van der Waals surface area contributed by atoms with Crippen LogP contribution in [0.1, 0.15) is 17.7 Å². The summed E-state index contributed by atoms with van der Waals surface area (Å²) >= 11 is 0. The van der Waals surface area contributed by atoms with E-state index in [9.17, 15) is 0 Å². The highest BCUT2D eigenvalue weighted by atomic mass is 16.5. The molecule has 0 saturated heterocycles. The summed E-state index contributed by atoms with van der Waals surface area (Å²) in [6.45, 7) is 8.76. The third-order valence-corrected chi connectivity index (χ3v) is 3.14.